The first-order valence-corrected chi connectivity index (χ1v) is 8.14. The number of rotatable bonds is 4. The zero-order valence-electron chi connectivity index (χ0n) is 13.5. The lowest BCUT2D eigenvalue weighted by atomic mass is 10.1. The third-order valence-electron chi connectivity index (χ3n) is 4.14. The summed E-state index contributed by atoms with van der Waals surface area (Å²) in [6.07, 6.45) is -0.268. The van der Waals surface area contributed by atoms with Gasteiger partial charge in [0.15, 0.2) is 4.60 Å². The Labute approximate surface area is 141 Å². The number of nitrogens with one attached hydrogen (secondary N) is 1. The summed E-state index contributed by atoms with van der Waals surface area (Å²) < 4.78 is 46.2. The van der Waals surface area contributed by atoms with Crippen LogP contribution in [-0.2, 0) is 6.54 Å². The number of ether oxygens (including phenoxy) is 1. The third-order valence-corrected chi connectivity index (χ3v) is 4.14. The van der Waals surface area contributed by atoms with Gasteiger partial charge in [-0.3, -0.25) is 4.90 Å². The molecule has 1 aliphatic heterocycles. The van der Waals surface area contributed by atoms with E-state index in [0.29, 0.717) is 17.8 Å². The normalized spacial score (nSPS) is 16.6. The van der Waals surface area contributed by atoms with E-state index >= 15 is 0 Å². The van der Waals surface area contributed by atoms with Gasteiger partial charge in [-0.15, -0.1) is 13.2 Å². The van der Waals surface area contributed by atoms with Crippen molar-refractivity contribution in [1.82, 2.24) is 10.1 Å². The molecule has 1 saturated heterocycles. The summed E-state index contributed by atoms with van der Waals surface area (Å²) >= 11 is 0. The molecular formula is C16H19F3N3O3+. The Morgan fingerprint density at radius 3 is 2.60 bits per heavy atom. The molecule has 0 unspecified atom stereocenters. The molecule has 3 rings (SSSR count). The van der Waals surface area contributed by atoms with Crippen LogP contribution in [0.2, 0.25) is 0 Å². The van der Waals surface area contributed by atoms with Gasteiger partial charge < -0.3 is 4.74 Å². The molecule has 0 saturated carbocycles. The topological polar surface area (TPSA) is 64.4 Å². The molecule has 9 heteroatoms. The van der Waals surface area contributed by atoms with Gasteiger partial charge >= 0.3 is 6.36 Å². The average Bonchev–Trinajstić information content (AvgIpc) is 2.72. The molecule has 25 heavy (non-hydrogen) atoms. The number of benzene rings is 1. The summed E-state index contributed by atoms with van der Waals surface area (Å²) in [7, 11) is 0. The number of alkyl halides is 3. The molecule has 136 valence electrons. The van der Waals surface area contributed by atoms with Crippen LogP contribution in [0.15, 0.2) is 28.9 Å². The van der Waals surface area contributed by atoms with E-state index in [1.54, 1.807) is 6.07 Å². The molecule has 2 heterocycles. The Balaban J connectivity index is 1.86. The van der Waals surface area contributed by atoms with Crippen molar-refractivity contribution in [3.8, 4) is 17.0 Å². The summed E-state index contributed by atoms with van der Waals surface area (Å²) in [5.74, 6) is -0.382. The molecule has 1 N–H and O–H groups in total. The van der Waals surface area contributed by atoms with Crippen molar-refractivity contribution in [2.45, 2.75) is 38.6 Å². The van der Waals surface area contributed by atoms with E-state index in [9.17, 15) is 18.1 Å². The lowest BCUT2D eigenvalue weighted by Gasteiger charge is -2.16. The van der Waals surface area contributed by atoms with Crippen molar-refractivity contribution >= 4 is 0 Å². The molecular weight excluding hydrogens is 339 g/mol. The molecule has 0 aliphatic carbocycles. The fraction of sp³-hybridized carbons (Fsp3) is 0.500. The number of halogens is 3. The SMILES string of the molecule is O=[n+]1o[nH]c(CN2CCCCCC2)c1-c1cccc(OC(F)(F)F)c1. The highest BCUT2D eigenvalue weighted by molar-refractivity contribution is 5.60. The maximum Gasteiger partial charge on any atom is 0.573 e. The minimum atomic E-state index is -4.79. The van der Waals surface area contributed by atoms with Crippen LogP contribution < -0.4 is 9.34 Å². The summed E-state index contributed by atoms with van der Waals surface area (Å²) in [6, 6.07) is 5.30. The molecule has 0 radical (unpaired) electrons. The minimum absolute atomic E-state index is 0.164. The quantitative estimate of drug-likeness (QED) is 0.909. The molecule has 2 aromatic rings. The highest BCUT2D eigenvalue weighted by Gasteiger charge is 2.32. The van der Waals surface area contributed by atoms with Gasteiger partial charge in [0.05, 0.1) is 6.54 Å². The number of nitrogens with zero attached hydrogens (tertiary/aromatic N) is 2. The Bertz CT molecular complexity index is 762. The van der Waals surface area contributed by atoms with E-state index in [1.165, 1.54) is 31.0 Å². The minimum Gasteiger partial charge on any atom is -0.406 e. The predicted molar refractivity (Wildman–Crippen MR) is 82.3 cm³/mol. The van der Waals surface area contributed by atoms with Crippen molar-refractivity contribution in [2.75, 3.05) is 13.1 Å². The van der Waals surface area contributed by atoms with Crippen LogP contribution in [-0.4, -0.2) is 29.5 Å². The Morgan fingerprint density at radius 2 is 1.92 bits per heavy atom. The highest BCUT2D eigenvalue weighted by Crippen LogP contribution is 2.28. The van der Waals surface area contributed by atoms with E-state index in [4.69, 9.17) is 4.63 Å². The summed E-state index contributed by atoms with van der Waals surface area (Å²) in [4.78, 5) is 14.2. The third kappa shape index (κ3) is 4.62. The van der Waals surface area contributed by atoms with Crippen molar-refractivity contribution in [3.63, 3.8) is 0 Å². The Kier molecular flexibility index (Phi) is 5.12. The zero-order chi connectivity index (χ0) is 17.9. The van der Waals surface area contributed by atoms with Crippen LogP contribution in [0.4, 0.5) is 13.2 Å². The van der Waals surface area contributed by atoms with Gasteiger partial charge in [0.1, 0.15) is 5.75 Å². The smallest absolute Gasteiger partial charge is 0.406 e. The van der Waals surface area contributed by atoms with E-state index in [0.717, 1.165) is 25.9 Å². The van der Waals surface area contributed by atoms with Gasteiger partial charge in [-0.2, -0.15) is 0 Å². The number of hydrogen-bond acceptors (Lipinski definition) is 4. The van der Waals surface area contributed by atoms with E-state index in [-0.39, 0.29) is 16.0 Å². The number of aromatic nitrogens is 2. The van der Waals surface area contributed by atoms with Gasteiger partial charge in [0.2, 0.25) is 5.69 Å². The van der Waals surface area contributed by atoms with Crippen LogP contribution in [0, 0.1) is 4.91 Å². The largest absolute Gasteiger partial charge is 0.573 e. The number of aromatic amines is 1. The Morgan fingerprint density at radius 1 is 1.20 bits per heavy atom. The molecule has 1 fully saturated rings. The molecule has 1 aromatic carbocycles. The van der Waals surface area contributed by atoms with Crippen LogP contribution in [0.1, 0.15) is 31.4 Å². The Hall–Kier alpha value is -2.29. The van der Waals surface area contributed by atoms with Gasteiger partial charge in [0, 0.05) is 5.56 Å². The van der Waals surface area contributed by atoms with Crippen LogP contribution in [0.25, 0.3) is 11.3 Å². The van der Waals surface area contributed by atoms with Gasteiger partial charge in [0.25, 0.3) is 5.69 Å². The summed E-state index contributed by atoms with van der Waals surface area (Å²) in [6.45, 7) is 2.29. The van der Waals surface area contributed by atoms with E-state index in [1.807, 2.05) is 0 Å². The van der Waals surface area contributed by atoms with Crippen molar-refractivity contribution < 1.29 is 27.1 Å². The zero-order valence-corrected chi connectivity index (χ0v) is 13.5. The fourth-order valence-corrected chi connectivity index (χ4v) is 3.05. The van der Waals surface area contributed by atoms with Crippen molar-refractivity contribution in [2.24, 2.45) is 0 Å². The molecule has 1 aromatic heterocycles. The summed E-state index contributed by atoms with van der Waals surface area (Å²) in [5.41, 5.74) is 0.990. The highest BCUT2D eigenvalue weighted by atomic mass is 19.4. The molecule has 1 aliphatic rings. The van der Waals surface area contributed by atoms with Gasteiger partial charge in [-0.1, -0.05) is 28.7 Å². The summed E-state index contributed by atoms with van der Waals surface area (Å²) in [5, 5.41) is 2.58. The van der Waals surface area contributed by atoms with Crippen LogP contribution in [0.3, 0.4) is 0 Å². The van der Waals surface area contributed by atoms with Gasteiger partial charge in [-0.25, -0.2) is 0 Å². The maximum atomic E-state index is 12.4. The first-order valence-electron chi connectivity index (χ1n) is 8.14. The lowest BCUT2D eigenvalue weighted by Crippen LogP contribution is -2.25. The number of hydrogen-bond donors (Lipinski definition) is 1. The van der Waals surface area contributed by atoms with Crippen LogP contribution in [0.5, 0.6) is 5.75 Å². The van der Waals surface area contributed by atoms with E-state index in [2.05, 4.69) is 14.8 Å². The first-order chi connectivity index (χ1) is 11.9. The molecule has 6 nitrogen and oxygen atoms in total. The average molecular weight is 358 g/mol. The second kappa shape index (κ2) is 7.30. The van der Waals surface area contributed by atoms with Crippen molar-refractivity contribution in [1.29, 1.82) is 0 Å². The van der Waals surface area contributed by atoms with Crippen molar-refractivity contribution in [3.05, 3.63) is 34.9 Å². The second-order valence-electron chi connectivity index (χ2n) is 6.04. The predicted octanol–water partition coefficient (Wildman–Crippen LogP) is 3.46. The van der Waals surface area contributed by atoms with Crippen LogP contribution >= 0.6 is 0 Å². The number of H-pyrrole nitrogens is 1. The number of likely N-dealkylation sites (tertiary alicyclic amines) is 1. The molecule has 0 bridgehead atoms. The van der Waals surface area contributed by atoms with Gasteiger partial charge in [-0.05, 0) is 49.0 Å². The molecule has 0 amide bonds. The standard InChI is InChI=1S/C16H19F3N3O3/c17-16(18,19)24-13-7-5-6-12(10-13)15-14(20-25-22(15)23)11-21-8-3-1-2-4-9-21/h5-7,10,20H,1-4,8-9,11H2/q+1. The molecule has 0 atom stereocenters. The second-order valence-corrected chi connectivity index (χ2v) is 6.04. The fourth-order valence-electron chi connectivity index (χ4n) is 3.05. The molecule has 0 spiro atoms. The maximum absolute atomic E-state index is 12.4. The lowest BCUT2D eigenvalue weighted by molar-refractivity contribution is -0.704. The van der Waals surface area contributed by atoms with E-state index < -0.39 is 6.36 Å². The monoisotopic (exact) mass is 358 g/mol. The first kappa shape index (κ1) is 17.5.